The van der Waals surface area contributed by atoms with Crippen molar-refractivity contribution in [1.29, 1.82) is 0 Å². The van der Waals surface area contributed by atoms with Crippen molar-refractivity contribution in [3.63, 3.8) is 0 Å². The molecule has 0 saturated heterocycles. The standard InChI is InChI=1S/C7H8Cl2O2/c1-2-11-7(10)5-3-4-6(8)9/h3-5H,2H2,1H3. The fourth-order valence-electron chi connectivity index (χ4n) is 0.390. The minimum Gasteiger partial charge on any atom is -0.463 e. The highest BCUT2D eigenvalue weighted by Gasteiger charge is 1.90. The molecule has 0 radical (unpaired) electrons. The first-order valence-corrected chi connectivity index (χ1v) is 3.78. The lowest BCUT2D eigenvalue weighted by molar-refractivity contribution is -0.137. The fraction of sp³-hybridized carbons (Fsp3) is 0.286. The van der Waals surface area contributed by atoms with Gasteiger partial charge in [0, 0.05) is 6.08 Å². The SMILES string of the molecule is CCOC(=O)C=CC=C(Cl)Cl. The van der Waals surface area contributed by atoms with Gasteiger partial charge in [-0.15, -0.1) is 0 Å². The minimum absolute atomic E-state index is 0.102. The maximum atomic E-state index is 10.6. The zero-order valence-electron chi connectivity index (χ0n) is 6.01. The highest BCUT2D eigenvalue weighted by Crippen LogP contribution is 2.05. The first-order chi connectivity index (χ1) is 5.16. The third kappa shape index (κ3) is 7.43. The summed E-state index contributed by atoms with van der Waals surface area (Å²) in [6, 6.07) is 0. The average Bonchev–Trinajstić information content (AvgIpc) is 1.87. The fourth-order valence-corrected chi connectivity index (χ4v) is 0.535. The summed E-state index contributed by atoms with van der Waals surface area (Å²) in [5, 5.41) is 0. The number of carbonyl (C=O) groups excluding carboxylic acids is 1. The maximum absolute atomic E-state index is 10.6. The van der Waals surface area contributed by atoms with Gasteiger partial charge in [0.25, 0.3) is 0 Å². The van der Waals surface area contributed by atoms with Crippen LogP contribution in [0.2, 0.25) is 0 Å². The van der Waals surface area contributed by atoms with E-state index in [9.17, 15) is 4.79 Å². The minimum atomic E-state index is -0.404. The number of rotatable bonds is 3. The van der Waals surface area contributed by atoms with Crippen molar-refractivity contribution in [3.05, 3.63) is 22.7 Å². The van der Waals surface area contributed by atoms with Gasteiger partial charge in [0.05, 0.1) is 6.61 Å². The van der Waals surface area contributed by atoms with Crippen LogP contribution in [0.3, 0.4) is 0 Å². The molecule has 0 amide bonds. The number of hydrogen-bond acceptors (Lipinski definition) is 2. The van der Waals surface area contributed by atoms with Gasteiger partial charge >= 0.3 is 5.97 Å². The number of allylic oxidation sites excluding steroid dienone is 2. The quantitative estimate of drug-likeness (QED) is 0.392. The molecule has 0 aliphatic heterocycles. The van der Waals surface area contributed by atoms with Crippen LogP contribution in [-0.2, 0) is 9.53 Å². The van der Waals surface area contributed by atoms with Gasteiger partial charge in [0.1, 0.15) is 4.49 Å². The zero-order valence-corrected chi connectivity index (χ0v) is 7.52. The van der Waals surface area contributed by atoms with Gasteiger partial charge in [-0.25, -0.2) is 4.79 Å². The first kappa shape index (κ1) is 10.5. The Labute approximate surface area is 75.4 Å². The first-order valence-electron chi connectivity index (χ1n) is 3.03. The van der Waals surface area contributed by atoms with Crippen molar-refractivity contribution < 1.29 is 9.53 Å². The van der Waals surface area contributed by atoms with Crippen molar-refractivity contribution >= 4 is 29.2 Å². The van der Waals surface area contributed by atoms with Crippen molar-refractivity contribution in [1.82, 2.24) is 0 Å². The smallest absolute Gasteiger partial charge is 0.330 e. The van der Waals surface area contributed by atoms with E-state index in [1.807, 2.05) is 0 Å². The zero-order chi connectivity index (χ0) is 8.69. The van der Waals surface area contributed by atoms with Gasteiger partial charge in [-0.1, -0.05) is 29.3 Å². The van der Waals surface area contributed by atoms with E-state index < -0.39 is 5.97 Å². The molecule has 0 N–H and O–H groups in total. The van der Waals surface area contributed by atoms with Crippen molar-refractivity contribution in [2.24, 2.45) is 0 Å². The van der Waals surface area contributed by atoms with Crippen LogP contribution in [0, 0.1) is 0 Å². The van der Waals surface area contributed by atoms with Gasteiger partial charge in [-0.3, -0.25) is 0 Å². The molecule has 0 heterocycles. The number of esters is 1. The van der Waals surface area contributed by atoms with Crippen LogP contribution in [0.1, 0.15) is 6.92 Å². The van der Waals surface area contributed by atoms with Gasteiger partial charge in [0.15, 0.2) is 0 Å². The summed E-state index contributed by atoms with van der Waals surface area (Å²) in [7, 11) is 0. The molecular weight excluding hydrogens is 187 g/mol. The molecule has 0 aliphatic rings. The van der Waals surface area contributed by atoms with E-state index in [1.165, 1.54) is 18.2 Å². The molecule has 0 bridgehead atoms. The van der Waals surface area contributed by atoms with E-state index in [0.29, 0.717) is 6.61 Å². The molecule has 0 spiro atoms. The summed E-state index contributed by atoms with van der Waals surface area (Å²) in [6.07, 6.45) is 4.06. The molecule has 11 heavy (non-hydrogen) atoms. The lowest BCUT2D eigenvalue weighted by Gasteiger charge is -1.92. The molecule has 0 saturated carbocycles. The van der Waals surface area contributed by atoms with Gasteiger partial charge in [0.2, 0.25) is 0 Å². The molecule has 0 aromatic heterocycles. The normalized spacial score (nSPS) is 9.73. The molecule has 4 heteroatoms. The third-order valence-corrected chi connectivity index (χ3v) is 0.993. The Morgan fingerprint density at radius 2 is 2.18 bits per heavy atom. The Kier molecular flexibility index (Phi) is 5.99. The highest BCUT2D eigenvalue weighted by molar-refractivity contribution is 6.55. The lowest BCUT2D eigenvalue weighted by Crippen LogP contribution is -1.98. The summed E-state index contributed by atoms with van der Waals surface area (Å²) >= 11 is 10.5. The van der Waals surface area contributed by atoms with E-state index >= 15 is 0 Å². The monoisotopic (exact) mass is 194 g/mol. The highest BCUT2D eigenvalue weighted by atomic mass is 35.5. The van der Waals surface area contributed by atoms with Crippen LogP contribution >= 0.6 is 23.2 Å². The van der Waals surface area contributed by atoms with Crippen molar-refractivity contribution in [2.75, 3.05) is 6.61 Å². The maximum Gasteiger partial charge on any atom is 0.330 e. The van der Waals surface area contributed by atoms with Gasteiger partial charge in [-0.2, -0.15) is 0 Å². The second kappa shape index (κ2) is 6.25. The average molecular weight is 195 g/mol. The summed E-state index contributed by atoms with van der Waals surface area (Å²) in [4.78, 5) is 10.6. The topological polar surface area (TPSA) is 26.3 Å². The van der Waals surface area contributed by atoms with Crippen LogP contribution in [0.5, 0.6) is 0 Å². The number of carbonyl (C=O) groups is 1. The van der Waals surface area contributed by atoms with Gasteiger partial charge < -0.3 is 4.74 Å². The predicted octanol–water partition coefficient (Wildman–Crippen LogP) is 2.42. The van der Waals surface area contributed by atoms with Crippen molar-refractivity contribution in [2.45, 2.75) is 6.92 Å². The summed E-state index contributed by atoms with van der Waals surface area (Å²) < 4.78 is 4.68. The molecule has 62 valence electrons. The Morgan fingerprint density at radius 3 is 2.64 bits per heavy atom. The molecule has 0 atom stereocenters. The Hall–Kier alpha value is -0.470. The van der Waals surface area contributed by atoms with Gasteiger partial charge in [-0.05, 0) is 13.0 Å². The van der Waals surface area contributed by atoms with Crippen molar-refractivity contribution in [3.8, 4) is 0 Å². The molecule has 0 unspecified atom stereocenters. The second-order valence-corrected chi connectivity index (χ2v) is 2.58. The van der Waals surface area contributed by atoms with E-state index in [-0.39, 0.29) is 4.49 Å². The summed E-state index contributed by atoms with van der Waals surface area (Å²) in [5.41, 5.74) is 0. The van der Waals surface area contributed by atoms with E-state index in [4.69, 9.17) is 23.2 Å². The Bertz CT molecular complexity index is 181. The van der Waals surface area contributed by atoms with E-state index in [1.54, 1.807) is 6.92 Å². The molecule has 0 rings (SSSR count). The number of ether oxygens (including phenoxy) is 1. The van der Waals surface area contributed by atoms with E-state index in [0.717, 1.165) is 0 Å². The molecule has 0 fully saturated rings. The largest absolute Gasteiger partial charge is 0.463 e. The molecular formula is C7H8Cl2O2. The molecule has 0 aliphatic carbocycles. The second-order valence-electron chi connectivity index (χ2n) is 1.57. The predicted molar refractivity (Wildman–Crippen MR) is 45.6 cm³/mol. The van der Waals surface area contributed by atoms with E-state index in [2.05, 4.69) is 4.74 Å². The number of hydrogen-bond donors (Lipinski definition) is 0. The lowest BCUT2D eigenvalue weighted by atomic mass is 10.5. The molecule has 0 aromatic carbocycles. The van der Waals surface area contributed by atoms with Crippen LogP contribution < -0.4 is 0 Å². The Morgan fingerprint density at radius 1 is 1.55 bits per heavy atom. The van der Waals surface area contributed by atoms with Crippen LogP contribution in [0.4, 0.5) is 0 Å². The number of halogens is 2. The molecule has 2 nitrogen and oxygen atoms in total. The third-order valence-electron chi connectivity index (χ3n) is 0.741. The summed E-state index contributed by atoms with van der Waals surface area (Å²) in [5.74, 6) is -0.404. The Balaban J connectivity index is 3.74. The molecule has 0 aromatic rings. The summed E-state index contributed by atoms with van der Waals surface area (Å²) in [6.45, 7) is 2.09. The van der Waals surface area contributed by atoms with Crippen LogP contribution in [0.25, 0.3) is 0 Å². The van der Waals surface area contributed by atoms with Crippen LogP contribution in [0.15, 0.2) is 22.7 Å². The van der Waals surface area contributed by atoms with Crippen LogP contribution in [-0.4, -0.2) is 12.6 Å².